The lowest BCUT2D eigenvalue weighted by Crippen LogP contribution is -2.08. The molecule has 0 rings (SSSR count). The van der Waals surface area contributed by atoms with E-state index >= 15 is 0 Å². The Hall–Kier alpha value is -0.210. The third kappa shape index (κ3) is 3.08. The lowest BCUT2D eigenvalue weighted by atomic mass is 10.2. The Labute approximate surface area is 67.2 Å². The molecule has 0 amide bonds. The van der Waals surface area contributed by atoms with Crippen LogP contribution >= 0.6 is 11.6 Å². The van der Waals surface area contributed by atoms with E-state index in [9.17, 15) is 0 Å². The second-order valence-electron chi connectivity index (χ2n) is 2.16. The van der Waals surface area contributed by atoms with E-state index in [1.807, 2.05) is 20.8 Å². The lowest BCUT2D eigenvalue weighted by molar-refractivity contribution is 0.125. The first-order valence-corrected chi connectivity index (χ1v) is 3.68. The summed E-state index contributed by atoms with van der Waals surface area (Å²) in [7, 11) is 1.72. The average Bonchev–Trinajstić information content (AvgIpc) is 1.87. The molecule has 0 bridgehead atoms. The summed E-state index contributed by atoms with van der Waals surface area (Å²) in [6.07, 6.45) is 0. The van der Waals surface area contributed by atoms with Crippen molar-refractivity contribution in [3.8, 4) is 0 Å². The average molecular weight is 164 g/mol. The molecule has 1 N–H and O–H groups in total. The van der Waals surface area contributed by atoms with Crippen LogP contribution in [-0.4, -0.2) is 12.4 Å². The first-order valence-electron chi connectivity index (χ1n) is 3.24. The van der Waals surface area contributed by atoms with E-state index in [1.165, 1.54) is 0 Å². The molecule has 0 radical (unpaired) electrons. The minimum Gasteiger partial charge on any atom is -0.414 e. The van der Waals surface area contributed by atoms with Gasteiger partial charge in [-0.15, -0.1) is 11.6 Å². The van der Waals surface area contributed by atoms with Gasteiger partial charge < -0.3 is 4.84 Å². The molecular weight excluding hydrogens is 150 g/mol. The molecule has 0 aromatic carbocycles. The van der Waals surface area contributed by atoms with Gasteiger partial charge in [0.2, 0.25) is 0 Å². The highest BCUT2D eigenvalue weighted by Crippen LogP contribution is 2.12. The zero-order valence-corrected chi connectivity index (χ0v) is 7.62. The fourth-order valence-corrected chi connectivity index (χ4v) is 0.667. The van der Waals surface area contributed by atoms with Gasteiger partial charge in [-0.3, -0.25) is 0 Å². The summed E-state index contributed by atoms with van der Waals surface area (Å²) in [5.74, 6) is 0.838. The van der Waals surface area contributed by atoms with E-state index in [2.05, 4.69) is 5.48 Å². The van der Waals surface area contributed by atoms with Crippen molar-refractivity contribution in [1.29, 1.82) is 0 Å². The number of nitrogens with one attached hydrogen (secondary N) is 1. The molecule has 10 heavy (non-hydrogen) atoms. The molecule has 3 heteroatoms. The van der Waals surface area contributed by atoms with Crippen LogP contribution in [0.3, 0.4) is 0 Å². The highest BCUT2D eigenvalue weighted by molar-refractivity contribution is 6.22. The van der Waals surface area contributed by atoms with Gasteiger partial charge in [0.1, 0.15) is 5.76 Å². The van der Waals surface area contributed by atoms with Crippen LogP contribution in [0.15, 0.2) is 11.3 Å². The van der Waals surface area contributed by atoms with Crippen molar-refractivity contribution >= 4 is 11.6 Å². The number of halogens is 1. The molecule has 2 nitrogen and oxygen atoms in total. The summed E-state index contributed by atoms with van der Waals surface area (Å²) in [6, 6.07) is 0. The Morgan fingerprint density at radius 3 is 2.30 bits per heavy atom. The van der Waals surface area contributed by atoms with E-state index in [1.54, 1.807) is 7.05 Å². The quantitative estimate of drug-likeness (QED) is 0.391. The Morgan fingerprint density at radius 1 is 1.50 bits per heavy atom. The largest absolute Gasteiger partial charge is 0.414 e. The van der Waals surface area contributed by atoms with Crippen LogP contribution in [0.25, 0.3) is 0 Å². The Kier molecular flexibility index (Phi) is 4.49. The zero-order chi connectivity index (χ0) is 8.15. The fourth-order valence-electron chi connectivity index (χ4n) is 0.514. The van der Waals surface area contributed by atoms with Gasteiger partial charge >= 0.3 is 0 Å². The molecule has 0 fully saturated rings. The summed E-state index contributed by atoms with van der Waals surface area (Å²) in [5, 5.41) is 0.0355. The van der Waals surface area contributed by atoms with E-state index in [0.29, 0.717) is 0 Å². The van der Waals surface area contributed by atoms with E-state index < -0.39 is 0 Å². The van der Waals surface area contributed by atoms with Gasteiger partial charge in [-0.25, -0.2) is 0 Å². The predicted octanol–water partition coefficient (Wildman–Crippen LogP) is 2.06. The van der Waals surface area contributed by atoms with Crippen LogP contribution in [0.5, 0.6) is 0 Å². The van der Waals surface area contributed by atoms with Crippen molar-refractivity contribution < 1.29 is 4.84 Å². The van der Waals surface area contributed by atoms with Gasteiger partial charge in [0, 0.05) is 7.05 Å². The topological polar surface area (TPSA) is 21.3 Å². The van der Waals surface area contributed by atoms with Crippen LogP contribution in [-0.2, 0) is 4.84 Å². The molecule has 0 spiro atoms. The maximum atomic E-state index is 5.79. The van der Waals surface area contributed by atoms with Crippen molar-refractivity contribution in [2.75, 3.05) is 7.05 Å². The molecular formula is C7H14ClNO. The summed E-state index contributed by atoms with van der Waals surface area (Å²) >= 11 is 5.79. The van der Waals surface area contributed by atoms with Crippen LogP contribution in [0, 0.1) is 0 Å². The maximum Gasteiger partial charge on any atom is 0.121 e. The third-order valence-corrected chi connectivity index (χ3v) is 1.73. The molecule has 0 heterocycles. The zero-order valence-electron chi connectivity index (χ0n) is 6.86. The standard InChI is InChI=1S/C7H14ClNO/c1-5(6(2)8)7(3)10-9-4/h6,9H,1-4H3/b7-5+/t6-/m1/s1. The number of rotatable bonds is 3. The van der Waals surface area contributed by atoms with Crippen molar-refractivity contribution in [3.63, 3.8) is 0 Å². The number of allylic oxidation sites excluding steroid dienone is 2. The third-order valence-electron chi connectivity index (χ3n) is 1.41. The fraction of sp³-hybridized carbons (Fsp3) is 0.714. The molecule has 0 aliphatic heterocycles. The van der Waals surface area contributed by atoms with Crippen LogP contribution in [0.2, 0.25) is 0 Å². The van der Waals surface area contributed by atoms with Crippen LogP contribution in [0.4, 0.5) is 0 Å². The molecule has 1 atom stereocenters. The first-order chi connectivity index (χ1) is 4.59. The molecule has 0 aliphatic rings. The maximum absolute atomic E-state index is 5.79. The molecule has 0 aliphatic carbocycles. The normalized spacial score (nSPS) is 16.1. The Morgan fingerprint density at radius 2 is 2.00 bits per heavy atom. The van der Waals surface area contributed by atoms with Crippen LogP contribution < -0.4 is 5.48 Å². The number of hydroxylamine groups is 1. The van der Waals surface area contributed by atoms with Crippen molar-refractivity contribution in [1.82, 2.24) is 5.48 Å². The molecule has 0 aromatic rings. The van der Waals surface area contributed by atoms with Gasteiger partial charge in [-0.2, -0.15) is 5.48 Å². The summed E-state index contributed by atoms with van der Waals surface area (Å²) in [6.45, 7) is 5.74. The van der Waals surface area contributed by atoms with E-state index in [4.69, 9.17) is 16.4 Å². The summed E-state index contributed by atoms with van der Waals surface area (Å²) in [4.78, 5) is 5.01. The molecule has 0 aromatic heterocycles. The van der Waals surface area contributed by atoms with Gasteiger partial charge in [0.05, 0.1) is 5.38 Å². The molecule has 0 saturated carbocycles. The van der Waals surface area contributed by atoms with Crippen molar-refractivity contribution in [2.24, 2.45) is 0 Å². The van der Waals surface area contributed by atoms with E-state index in [-0.39, 0.29) is 5.38 Å². The van der Waals surface area contributed by atoms with Crippen molar-refractivity contribution in [3.05, 3.63) is 11.3 Å². The van der Waals surface area contributed by atoms with Crippen LogP contribution in [0.1, 0.15) is 20.8 Å². The smallest absolute Gasteiger partial charge is 0.121 e. The van der Waals surface area contributed by atoms with Gasteiger partial charge in [-0.05, 0) is 26.3 Å². The minimum atomic E-state index is 0.0355. The second-order valence-corrected chi connectivity index (χ2v) is 2.82. The Balaban J connectivity index is 4.05. The van der Waals surface area contributed by atoms with Gasteiger partial charge in [0.25, 0.3) is 0 Å². The van der Waals surface area contributed by atoms with E-state index in [0.717, 1.165) is 11.3 Å². The number of alkyl halides is 1. The summed E-state index contributed by atoms with van der Waals surface area (Å²) < 4.78 is 0. The first kappa shape index (κ1) is 9.79. The van der Waals surface area contributed by atoms with Gasteiger partial charge in [0.15, 0.2) is 0 Å². The SMILES string of the molecule is CNO/C(C)=C(\C)[C@@H](C)Cl. The monoisotopic (exact) mass is 163 g/mol. The minimum absolute atomic E-state index is 0.0355. The molecule has 0 unspecified atom stereocenters. The highest BCUT2D eigenvalue weighted by Gasteiger charge is 2.03. The lowest BCUT2D eigenvalue weighted by Gasteiger charge is -2.08. The highest BCUT2D eigenvalue weighted by atomic mass is 35.5. The molecule has 0 saturated heterocycles. The van der Waals surface area contributed by atoms with Gasteiger partial charge in [-0.1, -0.05) is 0 Å². The predicted molar refractivity (Wildman–Crippen MR) is 43.8 cm³/mol. The summed E-state index contributed by atoms with van der Waals surface area (Å²) in [5.41, 5.74) is 3.64. The molecule has 60 valence electrons. The Bertz CT molecular complexity index is 132. The second kappa shape index (κ2) is 4.58. The number of hydrogen-bond acceptors (Lipinski definition) is 2. The number of hydrogen-bond donors (Lipinski definition) is 1. The van der Waals surface area contributed by atoms with Crippen molar-refractivity contribution in [2.45, 2.75) is 26.1 Å².